The molecule has 0 aliphatic carbocycles. The van der Waals surface area contributed by atoms with Crippen molar-refractivity contribution < 1.29 is 10.2 Å². The Morgan fingerprint density at radius 1 is 1.26 bits per heavy atom. The third-order valence-electron chi connectivity index (χ3n) is 3.48. The van der Waals surface area contributed by atoms with Crippen LogP contribution in [0.2, 0.25) is 6.55 Å². The maximum atomic E-state index is 9.86. The summed E-state index contributed by atoms with van der Waals surface area (Å²) in [5.41, 5.74) is 0. The Morgan fingerprint density at radius 3 is 2.37 bits per heavy atom. The first kappa shape index (κ1) is 18.7. The molecule has 0 heterocycles. The average molecular weight is 302 g/mol. The number of thiol groups is 1. The summed E-state index contributed by atoms with van der Waals surface area (Å²) in [6, 6.07) is 2.27. The Balaban J connectivity index is 4.31. The van der Waals surface area contributed by atoms with Gasteiger partial charge in [-0.3, -0.25) is 0 Å². The number of hydrogen-bond donors (Lipinski definition) is 3. The first-order valence-electron chi connectivity index (χ1n) is 7.15. The van der Waals surface area contributed by atoms with E-state index in [4.69, 9.17) is 5.11 Å². The standard InChI is InChI=1S/C14H27NO2SSi/c1-3-4-5-6-7-8-10-14(18,12-15)19(2)13(17)9-11-16/h16-18H,3-11H2,1-2H3/b19-13-. The van der Waals surface area contributed by atoms with Crippen LogP contribution in [0.25, 0.3) is 0 Å². The van der Waals surface area contributed by atoms with Gasteiger partial charge in [0.05, 0.1) is 19.8 Å². The van der Waals surface area contributed by atoms with E-state index in [9.17, 15) is 10.4 Å². The van der Waals surface area contributed by atoms with Crippen LogP contribution in [0.1, 0.15) is 58.3 Å². The third-order valence-corrected chi connectivity index (χ3v) is 7.53. The minimum atomic E-state index is -1.40. The van der Waals surface area contributed by atoms with Gasteiger partial charge < -0.3 is 10.2 Å². The lowest BCUT2D eigenvalue weighted by atomic mass is 10.1. The molecule has 0 saturated carbocycles. The minimum absolute atomic E-state index is 0.0693. The molecule has 0 radical (unpaired) electrons. The fourth-order valence-corrected chi connectivity index (χ4v) is 4.25. The maximum absolute atomic E-state index is 9.86. The zero-order chi connectivity index (χ0) is 14.7. The number of aliphatic hydroxyl groups is 2. The Morgan fingerprint density at radius 2 is 1.84 bits per heavy atom. The second kappa shape index (κ2) is 10.5. The number of nitrogens with zero attached hydrogens (tertiary/aromatic N) is 1. The molecule has 0 spiro atoms. The van der Waals surface area contributed by atoms with Gasteiger partial charge in [0.1, 0.15) is 4.37 Å². The van der Waals surface area contributed by atoms with Crippen LogP contribution in [0.5, 0.6) is 0 Å². The van der Waals surface area contributed by atoms with Crippen molar-refractivity contribution in [2.24, 2.45) is 0 Å². The largest absolute Gasteiger partial charge is 0.518 e. The van der Waals surface area contributed by atoms with Gasteiger partial charge in [0.15, 0.2) is 0 Å². The second-order valence-corrected chi connectivity index (χ2v) is 8.90. The predicted molar refractivity (Wildman–Crippen MR) is 85.6 cm³/mol. The average Bonchev–Trinajstić information content (AvgIpc) is 2.41. The van der Waals surface area contributed by atoms with Gasteiger partial charge in [-0.1, -0.05) is 52.0 Å². The SMILES string of the molecule is CCCCCCCCC(S)(C#N)/[Si](C)=C(\O)CCO. The maximum Gasteiger partial charge on any atom is 0.108 e. The van der Waals surface area contributed by atoms with Crippen molar-refractivity contribution in [3.63, 3.8) is 0 Å². The van der Waals surface area contributed by atoms with Gasteiger partial charge in [0.2, 0.25) is 0 Å². The summed E-state index contributed by atoms with van der Waals surface area (Å²) < 4.78 is -0.728. The topological polar surface area (TPSA) is 64.2 Å². The van der Waals surface area contributed by atoms with Crippen LogP contribution in [0.4, 0.5) is 0 Å². The van der Waals surface area contributed by atoms with Crippen molar-refractivity contribution in [3.8, 4) is 6.07 Å². The summed E-state index contributed by atoms with van der Waals surface area (Å²) in [4.78, 5) is 0. The van der Waals surface area contributed by atoms with Gasteiger partial charge in [0, 0.05) is 13.0 Å². The molecule has 0 aromatic heterocycles. The van der Waals surface area contributed by atoms with Crippen molar-refractivity contribution in [1.82, 2.24) is 0 Å². The highest BCUT2D eigenvalue weighted by Crippen LogP contribution is 2.23. The summed E-state index contributed by atoms with van der Waals surface area (Å²) in [7, 11) is -1.40. The van der Waals surface area contributed by atoms with E-state index < -0.39 is 12.8 Å². The van der Waals surface area contributed by atoms with Crippen molar-refractivity contribution in [1.29, 1.82) is 5.26 Å². The summed E-state index contributed by atoms with van der Waals surface area (Å²) >= 11 is 4.51. The molecule has 1 atom stereocenters. The molecular formula is C14H27NO2SSi. The van der Waals surface area contributed by atoms with Gasteiger partial charge in [-0.05, 0) is 6.42 Å². The normalized spacial score (nSPS) is 15.5. The molecule has 19 heavy (non-hydrogen) atoms. The van der Waals surface area contributed by atoms with Gasteiger partial charge in [-0.2, -0.15) is 17.9 Å². The van der Waals surface area contributed by atoms with Crippen LogP contribution in [-0.4, -0.2) is 35.0 Å². The molecule has 5 heteroatoms. The second-order valence-electron chi connectivity index (χ2n) is 5.04. The van der Waals surface area contributed by atoms with Gasteiger partial charge >= 0.3 is 0 Å². The zero-order valence-corrected chi connectivity index (χ0v) is 14.0. The highest BCUT2D eigenvalue weighted by atomic mass is 32.1. The molecule has 0 fully saturated rings. The molecule has 0 aliphatic rings. The van der Waals surface area contributed by atoms with Gasteiger partial charge in [0.25, 0.3) is 0 Å². The van der Waals surface area contributed by atoms with Crippen LogP contribution in [-0.2, 0) is 0 Å². The molecule has 3 nitrogen and oxygen atoms in total. The van der Waals surface area contributed by atoms with Crippen LogP contribution < -0.4 is 0 Å². The molecule has 0 aromatic rings. The fraction of sp³-hybridized carbons (Fsp3) is 0.857. The Bertz CT molecular complexity index is 328. The highest BCUT2D eigenvalue weighted by molar-refractivity contribution is 7.84. The number of nitriles is 1. The first-order valence-corrected chi connectivity index (χ1v) is 9.60. The van der Waals surface area contributed by atoms with Crippen molar-refractivity contribution in [3.05, 3.63) is 0 Å². The lowest BCUT2D eigenvalue weighted by Gasteiger charge is -2.22. The van der Waals surface area contributed by atoms with Crippen LogP contribution >= 0.6 is 12.6 Å². The van der Waals surface area contributed by atoms with E-state index in [0.717, 1.165) is 19.3 Å². The van der Waals surface area contributed by atoms with Gasteiger partial charge in [-0.15, -0.1) is 0 Å². The molecule has 0 saturated heterocycles. The van der Waals surface area contributed by atoms with Crippen LogP contribution in [0.3, 0.4) is 0 Å². The van der Waals surface area contributed by atoms with E-state index >= 15 is 0 Å². The number of hydrogen-bond acceptors (Lipinski definition) is 4. The molecule has 1 unspecified atom stereocenters. The van der Waals surface area contributed by atoms with Crippen molar-refractivity contribution in [2.45, 2.75) is 69.2 Å². The van der Waals surface area contributed by atoms with E-state index in [1.807, 2.05) is 6.55 Å². The number of unbranched alkanes of at least 4 members (excludes halogenated alkanes) is 5. The predicted octanol–water partition coefficient (Wildman–Crippen LogP) is 3.06. The molecule has 0 bridgehead atoms. The third kappa shape index (κ3) is 7.14. The van der Waals surface area contributed by atoms with Crippen LogP contribution in [0.15, 0.2) is 0 Å². The minimum Gasteiger partial charge on any atom is -0.518 e. The molecule has 2 N–H and O–H groups in total. The van der Waals surface area contributed by atoms with Crippen molar-refractivity contribution >= 4 is 26.4 Å². The van der Waals surface area contributed by atoms with Gasteiger partial charge in [-0.25, -0.2) is 0 Å². The Hall–Kier alpha value is -0.313. The Labute approximate surface area is 124 Å². The number of aliphatic hydroxyl groups excluding tert-OH is 2. The van der Waals surface area contributed by atoms with E-state index in [1.165, 1.54) is 25.7 Å². The molecule has 0 aliphatic heterocycles. The smallest absolute Gasteiger partial charge is 0.108 e. The molecule has 110 valence electrons. The fourth-order valence-electron chi connectivity index (χ4n) is 2.02. The molecule has 0 rings (SSSR count). The molecule has 0 aromatic carbocycles. The lowest BCUT2D eigenvalue weighted by Crippen LogP contribution is -2.36. The Kier molecular flexibility index (Phi) is 10.3. The lowest BCUT2D eigenvalue weighted by molar-refractivity contribution is 0.300. The first-order chi connectivity index (χ1) is 9.01. The summed E-state index contributed by atoms with van der Waals surface area (Å²) in [5, 5.41) is 28.3. The monoisotopic (exact) mass is 301 g/mol. The number of rotatable bonds is 10. The summed E-state index contributed by atoms with van der Waals surface area (Å²) in [5.74, 6) is 0. The van der Waals surface area contributed by atoms with E-state index in [-0.39, 0.29) is 18.4 Å². The summed E-state index contributed by atoms with van der Waals surface area (Å²) in [6.45, 7) is 4.03. The van der Waals surface area contributed by atoms with Crippen molar-refractivity contribution in [2.75, 3.05) is 6.61 Å². The molecular weight excluding hydrogens is 274 g/mol. The van der Waals surface area contributed by atoms with E-state index in [0.29, 0.717) is 0 Å². The highest BCUT2D eigenvalue weighted by Gasteiger charge is 2.30. The van der Waals surface area contributed by atoms with E-state index in [2.05, 4.69) is 25.6 Å². The quantitative estimate of drug-likeness (QED) is 0.330. The zero-order valence-electron chi connectivity index (χ0n) is 12.2. The summed E-state index contributed by atoms with van der Waals surface area (Å²) in [6.07, 6.45) is 8.08. The molecule has 0 amide bonds. The van der Waals surface area contributed by atoms with E-state index in [1.54, 1.807) is 0 Å². The van der Waals surface area contributed by atoms with Crippen LogP contribution in [0, 0.1) is 11.3 Å².